The van der Waals surface area contributed by atoms with Gasteiger partial charge in [-0.05, 0) is 6.07 Å². The standard InChI is InChI=1S/C9H6F3N3O2/c1-17-8(16)5-4-7-13-3-2-6(9(10,11)12)15(7)14-5/h2-4H,1H3. The normalized spacial score (nSPS) is 11.8. The van der Waals surface area contributed by atoms with Crippen LogP contribution in [-0.4, -0.2) is 27.7 Å². The quantitative estimate of drug-likeness (QED) is 0.715. The molecule has 0 spiro atoms. The third kappa shape index (κ3) is 1.93. The average molecular weight is 245 g/mol. The summed E-state index contributed by atoms with van der Waals surface area (Å²) in [7, 11) is 1.12. The Hall–Kier alpha value is -2.12. The molecule has 0 aliphatic heterocycles. The van der Waals surface area contributed by atoms with Crippen LogP contribution in [-0.2, 0) is 10.9 Å². The number of carbonyl (C=O) groups is 1. The maximum atomic E-state index is 12.6. The zero-order valence-corrected chi connectivity index (χ0v) is 8.52. The molecular formula is C9H6F3N3O2. The number of aromatic nitrogens is 3. The number of rotatable bonds is 1. The summed E-state index contributed by atoms with van der Waals surface area (Å²) >= 11 is 0. The fraction of sp³-hybridized carbons (Fsp3) is 0.222. The van der Waals surface area contributed by atoms with Crippen LogP contribution in [0.5, 0.6) is 0 Å². The largest absolute Gasteiger partial charge is 0.464 e. The second-order valence-electron chi connectivity index (χ2n) is 3.12. The number of ether oxygens (including phenoxy) is 1. The number of hydrogen-bond donors (Lipinski definition) is 0. The van der Waals surface area contributed by atoms with Gasteiger partial charge in [0.25, 0.3) is 0 Å². The Labute approximate surface area is 92.8 Å². The minimum atomic E-state index is -4.57. The Kier molecular flexibility index (Phi) is 2.49. The average Bonchev–Trinajstić information content (AvgIpc) is 2.69. The highest BCUT2D eigenvalue weighted by Crippen LogP contribution is 2.28. The van der Waals surface area contributed by atoms with Gasteiger partial charge in [-0.3, -0.25) is 0 Å². The molecule has 0 radical (unpaired) electrons. The predicted molar refractivity (Wildman–Crippen MR) is 49.3 cm³/mol. The van der Waals surface area contributed by atoms with Gasteiger partial charge in [0, 0.05) is 12.3 Å². The van der Waals surface area contributed by atoms with Crippen LogP contribution in [0.4, 0.5) is 13.2 Å². The molecule has 2 aromatic rings. The number of carbonyl (C=O) groups excluding carboxylic acids is 1. The topological polar surface area (TPSA) is 56.5 Å². The highest BCUT2D eigenvalue weighted by atomic mass is 19.4. The van der Waals surface area contributed by atoms with E-state index in [9.17, 15) is 18.0 Å². The minimum absolute atomic E-state index is 0.0692. The number of halogens is 3. The molecule has 0 aliphatic rings. The van der Waals surface area contributed by atoms with E-state index in [-0.39, 0.29) is 11.3 Å². The molecule has 0 aliphatic carbocycles. The van der Waals surface area contributed by atoms with Crippen molar-refractivity contribution in [3.8, 4) is 0 Å². The molecule has 2 rings (SSSR count). The fourth-order valence-electron chi connectivity index (χ4n) is 1.31. The zero-order valence-electron chi connectivity index (χ0n) is 8.52. The van der Waals surface area contributed by atoms with Crippen molar-refractivity contribution in [2.45, 2.75) is 6.18 Å². The minimum Gasteiger partial charge on any atom is -0.464 e. The number of fused-ring (bicyclic) bond motifs is 1. The van der Waals surface area contributed by atoms with Crippen molar-refractivity contribution in [2.75, 3.05) is 7.11 Å². The lowest BCUT2D eigenvalue weighted by molar-refractivity contribution is -0.142. The first-order valence-electron chi connectivity index (χ1n) is 4.44. The molecule has 0 aromatic carbocycles. The molecular weight excluding hydrogens is 239 g/mol. The van der Waals surface area contributed by atoms with Gasteiger partial charge in [0.2, 0.25) is 0 Å². The Morgan fingerprint density at radius 2 is 2.18 bits per heavy atom. The SMILES string of the molecule is COC(=O)c1cc2nccc(C(F)(F)F)n2n1. The van der Waals surface area contributed by atoms with Gasteiger partial charge in [-0.2, -0.15) is 18.3 Å². The lowest BCUT2D eigenvalue weighted by atomic mass is 10.4. The van der Waals surface area contributed by atoms with Crippen molar-refractivity contribution < 1.29 is 22.7 Å². The molecule has 0 amide bonds. The molecule has 0 bridgehead atoms. The number of hydrogen-bond acceptors (Lipinski definition) is 4. The van der Waals surface area contributed by atoms with E-state index in [2.05, 4.69) is 14.8 Å². The number of esters is 1. The van der Waals surface area contributed by atoms with Crippen LogP contribution < -0.4 is 0 Å². The van der Waals surface area contributed by atoms with Gasteiger partial charge in [0.1, 0.15) is 5.69 Å². The summed E-state index contributed by atoms with van der Waals surface area (Å²) in [5, 5.41) is 3.51. The molecule has 90 valence electrons. The predicted octanol–water partition coefficient (Wildman–Crippen LogP) is 1.53. The summed E-state index contributed by atoms with van der Waals surface area (Å²) in [6.45, 7) is 0. The van der Waals surface area contributed by atoms with Crippen LogP contribution in [0.25, 0.3) is 5.65 Å². The van der Waals surface area contributed by atoms with Crippen LogP contribution in [0, 0.1) is 0 Å². The molecule has 2 heterocycles. The van der Waals surface area contributed by atoms with E-state index in [1.54, 1.807) is 0 Å². The Morgan fingerprint density at radius 3 is 2.76 bits per heavy atom. The molecule has 0 N–H and O–H groups in total. The number of methoxy groups -OCH3 is 1. The Morgan fingerprint density at radius 1 is 1.47 bits per heavy atom. The van der Waals surface area contributed by atoms with E-state index in [0.717, 1.165) is 25.4 Å². The summed E-state index contributed by atoms with van der Waals surface area (Å²) in [6, 6.07) is 1.90. The molecule has 0 saturated heterocycles. The highest BCUT2D eigenvalue weighted by molar-refractivity contribution is 5.88. The fourth-order valence-corrected chi connectivity index (χ4v) is 1.31. The molecule has 0 atom stereocenters. The van der Waals surface area contributed by atoms with E-state index < -0.39 is 17.8 Å². The van der Waals surface area contributed by atoms with Gasteiger partial charge in [-0.25, -0.2) is 14.3 Å². The summed E-state index contributed by atoms with van der Waals surface area (Å²) in [5.74, 6) is -0.816. The summed E-state index contributed by atoms with van der Waals surface area (Å²) in [5.41, 5.74) is -1.30. The molecule has 17 heavy (non-hydrogen) atoms. The Balaban J connectivity index is 2.65. The van der Waals surface area contributed by atoms with Crippen LogP contribution in [0.1, 0.15) is 16.2 Å². The second kappa shape index (κ2) is 3.72. The molecule has 0 saturated carbocycles. The van der Waals surface area contributed by atoms with Crippen molar-refractivity contribution in [2.24, 2.45) is 0 Å². The van der Waals surface area contributed by atoms with Gasteiger partial charge in [-0.15, -0.1) is 0 Å². The molecule has 0 unspecified atom stereocenters. The molecule has 0 fully saturated rings. The summed E-state index contributed by atoms with van der Waals surface area (Å²) in [6.07, 6.45) is -3.57. The molecule has 8 heteroatoms. The van der Waals surface area contributed by atoms with Crippen LogP contribution in [0.3, 0.4) is 0 Å². The van der Waals surface area contributed by atoms with Crippen molar-refractivity contribution in [1.29, 1.82) is 0 Å². The summed E-state index contributed by atoms with van der Waals surface area (Å²) < 4.78 is 42.7. The first kappa shape index (κ1) is 11.4. The van der Waals surface area contributed by atoms with Crippen molar-refractivity contribution in [1.82, 2.24) is 14.6 Å². The van der Waals surface area contributed by atoms with Gasteiger partial charge < -0.3 is 4.74 Å². The zero-order chi connectivity index (χ0) is 12.6. The van der Waals surface area contributed by atoms with Crippen molar-refractivity contribution in [3.63, 3.8) is 0 Å². The van der Waals surface area contributed by atoms with E-state index in [4.69, 9.17) is 0 Å². The first-order chi connectivity index (χ1) is 7.93. The summed E-state index contributed by atoms with van der Waals surface area (Å²) in [4.78, 5) is 14.8. The second-order valence-corrected chi connectivity index (χ2v) is 3.12. The van der Waals surface area contributed by atoms with Crippen molar-refractivity contribution >= 4 is 11.6 Å². The number of nitrogens with zero attached hydrogens (tertiary/aromatic N) is 3. The Bertz CT molecular complexity index is 576. The van der Waals surface area contributed by atoms with E-state index in [0.29, 0.717) is 4.52 Å². The third-order valence-electron chi connectivity index (χ3n) is 2.04. The van der Waals surface area contributed by atoms with Gasteiger partial charge in [0.15, 0.2) is 11.3 Å². The maximum absolute atomic E-state index is 12.6. The van der Waals surface area contributed by atoms with Crippen LogP contribution in [0.15, 0.2) is 18.3 Å². The van der Waals surface area contributed by atoms with Gasteiger partial charge in [0.05, 0.1) is 7.11 Å². The number of alkyl halides is 3. The van der Waals surface area contributed by atoms with Crippen LogP contribution >= 0.6 is 0 Å². The third-order valence-corrected chi connectivity index (χ3v) is 2.04. The van der Waals surface area contributed by atoms with E-state index in [1.165, 1.54) is 0 Å². The maximum Gasteiger partial charge on any atom is 0.433 e. The lowest BCUT2D eigenvalue weighted by Crippen LogP contribution is -2.13. The first-order valence-corrected chi connectivity index (χ1v) is 4.44. The highest BCUT2D eigenvalue weighted by Gasteiger charge is 2.34. The van der Waals surface area contributed by atoms with Gasteiger partial charge in [-0.1, -0.05) is 0 Å². The van der Waals surface area contributed by atoms with Crippen LogP contribution in [0.2, 0.25) is 0 Å². The monoisotopic (exact) mass is 245 g/mol. The van der Waals surface area contributed by atoms with Crippen molar-refractivity contribution in [3.05, 3.63) is 29.7 Å². The van der Waals surface area contributed by atoms with Gasteiger partial charge >= 0.3 is 12.1 Å². The smallest absolute Gasteiger partial charge is 0.433 e. The van der Waals surface area contributed by atoms with E-state index >= 15 is 0 Å². The van der Waals surface area contributed by atoms with E-state index in [1.807, 2.05) is 0 Å². The molecule has 2 aromatic heterocycles. The lowest BCUT2D eigenvalue weighted by Gasteiger charge is -2.07. The molecule has 5 nitrogen and oxygen atoms in total.